The van der Waals surface area contributed by atoms with Crippen LogP contribution < -0.4 is 11.1 Å². The molecule has 0 radical (unpaired) electrons. The zero-order chi connectivity index (χ0) is 13.3. The largest absolute Gasteiger partial charge is 0.397 e. The predicted octanol–water partition coefficient (Wildman–Crippen LogP) is 3.58. The van der Waals surface area contributed by atoms with E-state index in [1.54, 1.807) is 0 Å². The maximum absolute atomic E-state index is 13.1. The number of nitrogens with zero attached hydrogens (tertiary/aromatic N) is 2. The fourth-order valence-electron chi connectivity index (χ4n) is 1.50. The Labute approximate surface area is 110 Å². The number of nitrogens with one attached hydrogen (secondary N) is 1. The number of hydrogen-bond donors (Lipinski definition) is 2. The van der Waals surface area contributed by atoms with E-state index in [9.17, 15) is 4.39 Å². The highest BCUT2D eigenvalue weighted by Crippen LogP contribution is 2.28. The molecule has 2 aromatic rings. The van der Waals surface area contributed by atoms with Gasteiger partial charge in [-0.2, -0.15) is 5.10 Å². The molecule has 0 aliphatic rings. The third-order valence-corrected chi connectivity index (χ3v) is 2.78. The lowest BCUT2D eigenvalue weighted by molar-refractivity contribution is 0.534. The summed E-state index contributed by atoms with van der Waals surface area (Å²) in [5.74, 6) is 0.102. The zero-order valence-corrected chi connectivity index (χ0v) is 10.9. The SMILES string of the molecule is CC(C)n1ccc(Nc2cc(Cl)c(F)cc2N)n1. The lowest BCUT2D eigenvalue weighted by Gasteiger charge is -2.08. The Kier molecular flexibility index (Phi) is 3.43. The van der Waals surface area contributed by atoms with E-state index < -0.39 is 5.82 Å². The molecule has 0 saturated heterocycles. The van der Waals surface area contributed by atoms with Crippen LogP contribution in [0.4, 0.5) is 21.6 Å². The second kappa shape index (κ2) is 4.86. The van der Waals surface area contributed by atoms with Gasteiger partial charge < -0.3 is 11.1 Å². The summed E-state index contributed by atoms with van der Waals surface area (Å²) in [5, 5.41) is 7.34. The van der Waals surface area contributed by atoms with Gasteiger partial charge in [-0.15, -0.1) is 0 Å². The minimum atomic E-state index is -0.535. The molecule has 0 spiro atoms. The minimum absolute atomic E-state index is 0.0231. The van der Waals surface area contributed by atoms with Gasteiger partial charge in [-0.05, 0) is 19.9 Å². The maximum atomic E-state index is 13.1. The fraction of sp³-hybridized carbons (Fsp3) is 0.250. The van der Waals surface area contributed by atoms with E-state index in [1.165, 1.54) is 12.1 Å². The van der Waals surface area contributed by atoms with Gasteiger partial charge >= 0.3 is 0 Å². The van der Waals surface area contributed by atoms with Crippen LogP contribution in [-0.4, -0.2) is 9.78 Å². The lowest BCUT2D eigenvalue weighted by Crippen LogP contribution is -2.03. The molecule has 3 N–H and O–H groups in total. The van der Waals surface area contributed by atoms with Crippen LogP contribution >= 0.6 is 11.6 Å². The van der Waals surface area contributed by atoms with Gasteiger partial charge in [0, 0.05) is 24.4 Å². The van der Waals surface area contributed by atoms with Crippen LogP contribution in [0.15, 0.2) is 24.4 Å². The molecule has 0 fully saturated rings. The summed E-state index contributed by atoms with van der Waals surface area (Å²) in [6, 6.07) is 4.72. The van der Waals surface area contributed by atoms with E-state index in [-0.39, 0.29) is 16.8 Å². The smallest absolute Gasteiger partial charge is 0.152 e. The van der Waals surface area contributed by atoms with Crippen molar-refractivity contribution in [3.8, 4) is 0 Å². The first-order valence-electron chi connectivity index (χ1n) is 5.54. The summed E-state index contributed by atoms with van der Waals surface area (Å²) in [4.78, 5) is 0. The first kappa shape index (κ1) is 12.7. The van der Waals surface area contributed by atoms with Crippen LogP contribution in [0.1, 0.15) is 19.9 Å². The molecule has 0 bridgehead atoms. The van der Waals surface area contributed by atoms with Crippen molar-refractivity contribution in [2.24, 2.45) is 0 Å². The molecule has 1 aromatic heterocycles. The van der Waals surface area contributed by atoms with Crippen molar-refractivity contribution in [1.29, 1.82) is 0 Å². The molecular formula is C12H14ClFN4. The minimum Gasteiger partial charge on any atom is -0.397 e. The monoisotopic (exact) mass is 268 g/mol. The van der Waals surface area contributed by atoms with Gasteiger partial charge in [0.25, 0.3) is 0 Å². The number of aromatic nitrogens is 2. The molecule has 0 saturated carbocycles. The Morgan fingerprint density at radius 2 is 2.17 bits per heavy atom. The number of halogens is 2. The third kappa shape index (κ3) is 2.56. The maximum Gasteiger partial charge on any atom is 0.152 e. The summed E-state index contributed by atoms with van der Waals surface area (Å²) >= 11 is 5.71. The fourth-order valence-corrected chi connectivity index (χ4v) is 1.66. The molecule has 0 amide bonds. The Hall–Kier alpha value is -1.75. The summed E-state index contributed by atoms with van der Waals surface area (Å²) in [7, 11) is 0. The average molecular weight is 269 g/mol. The summed E-state index contributed by atoms with van der Waals surface area (Å²) < 4.78 is 15.0. The van der Waals surface area contributed by atoms with Gasteiger partial charge in [0.2, 0.25) is 0 Å². The molecule has 0 aliphatic carbocycles. The van der Waals surface area contributed by atoms with Crippen molar-refractivity contribution in [3.63, 3.8) is 0 Å². The highest BCUT2D eigenvalue weighted by atomic mass is 35.5. The number of nitrogens with two attached hydrogens (primary N) is 1. The average Bonchev–Trinajstić information content (AvgIpc) is 2.74. The summed E-state index contributed by atoms with van der Waals surface area (Å²) in [6.07, 6.45) is 1.86. The molecule has 4 nitrogen and oxygen atoms in total. The van der Waals surface area contributed by atoms with E-state index in [0.717, 1.165) is 0 Å². The van der Waals surface area contributed by atoms with Crippen molar-refractivity contribution >= 4 is 28.8 Å². The van der Waals surface area contributed by atoms with Crippen LogP contribution in [0.25, 0.3) is 0 Å². The lowest BCUT2D eigenvalue weighted by atomic mass is 10.2. The van der Waals surface area contributed by atoms with E-state index in [1.807, 2.05) is 30.8 Å². The molecule has 0 aliphatic heterocycles. The van der Waals surface area contributed by atoms with Gasteiger partial charge in [-0.3, -0.25) is 4.68 Å². The molecule has 0 unspecified atom stereocenters. The molecule has 1 heterocycles. The van der Waals surface area contributed by atoms with Crippen molar-refractivity contribution in [2.75, 3.05) is 11.1 Å². The number of rotatable bonds is 3. The molecule has 96 valence electrons. The number of nitrogen functional groups attached to an aromatic ring is 1. The molecule has 2 rings (SSSR count). The molecular weight excluding hydrogens is 255 g/mol. The number of benzene rings is 1. The second-order valence-electron chi connectivity index (χ2n) is 4.25. The van der Waals surface area contributed by atoms with Crippen LogP contribution in [0.2, 0.25) is 5.02 Å². The highest BCUT2D eigenvalue weighted by molar-refractivity contribution is 6.31. The van der Waals surface area contributed by atoms with Gasteiger partial charge in [0.15, 0.2) is 5.82 Å². The van der Waals surface area contributed by atoms with Gasteiger partial charge in [-0.25, -0.2) is 4.39 Å². The van der Waals surface area contributed by atoms with Crippen LogP contribution in [0, 0.1) is 5.82 Å². The highest BCUT2D eigenvalue weighted by Gasteiger charge is 2.08. The molecule has 18 heavy (non-hydrogen) atoms. The Morgan fingerprint density at radius 3 is 2.78 bits per heavy atom. The Morgan fingerprint density at radius 1 is 1.44 bits per heavy atom. The van der Waals surface area contributed by atoms with Crippen LogP contribution in [-0.2, 0) is 0 Å². The standard InChI is InChI=1S/C12H14ClFN4/c1-7(2)18-4-3-12(17-18)16-11-5-8(13)9(14)6-10(11)15/h3-7H,15H2,1-2H3,(H,16,17). The first-order valence-corrected chi connectivity index (χ1v) is 5.92. The van der Waals surface area contributed by atoms with Crippen molar-refractivity contribution < 1.29 is 4.39 Å². The van der Waals surface area contributed by atoms with Crippen molar-refractivity contribution in [2.45, 2.75) is 19.9 Å². The number of hydrogen-bond acceptors (Lipinski definition) is 3. The Balaban J connectivity index is 2.25. The van der Waals surface area contributed by atoms with E-state index in [4.69, 9.17) is 17.3 Å². The van der Waals surface area contributed by atoms with Gasteiger partial charge in [0.05, 0.1) is 16.4 Å². The van der Waals surface area contributed by atoms with Crippen LogP contribution in [0.3, 0.4) is 0 Å². The van der Waals surface area contributed by atoms with Crippen molar-refractivity contribution in [1.82, 2.24) is 9.78 Å². The first-order chi connectivity index (χ1) is 8.47. The van der Waals surface area contributed by atoms with E-state index in [2.05, 4.69) is 10.4 Å². The van der Waals surface area contributed by atoms with Crippen molar-refractivity contribution in [3.05, 3.63) is 35.2 Å². The molecule has 1 aromatic carbocycles. The quantitative estimate of drug-likeness (QED) is 0.837. The second-order valence-corrected chi connectivity index (χ2v) is 4.66. The zero-order valence-electron chi connectivity index (χ0n) is 10.1. The Bertz CT molecular complexity index is 565. The summed E-state index contributed by atoms with van der Waals surface area (Å²) in [5.41, 5.74) is 6.53. The molecule has 6 heteroatoms. The van der Waals surface area contributed by atoms with Crippen LogP contribution in [0.5, 0.6) is 0 Å². The topological polar surface area (TPSA) is 55.9 Å². The molecule has 0 atom stereocenters. The van der Waals surface area contributed by atoms with Gasteiger partial charge in [-0.1, -0.05) is 11.6 Å². The number of anilines is 3. The summed E-state index contributed by atoms with van der Waals surface area (Å²) in [6.45, 7) is 4.06. The van der Waals surface area contributed by atoms with E-state index in [0.29, 0.717) is 11.5 Å². The predicted molar refractivity (Wildman–Crippen MR) is 71.7 cm³/mol. The van der Waals surface area contributed by atoms with Gasteiger partial charge in [0.1, 0.15) is 5.82 Å². The third-order valence-electron chi connectivity index (χ3n) is 2.49. The van der Waals surface area contributed by atoms with E-state index >= 15 is 0 Å². The normalized spacial score (nSPS) is 10.9.